The van der Waals surface area contributed by atoms with E-state index in [0.29, 0.717) is 0 Å². The fourth-order valence-electron chi connectivity index (χ4n) is 2.04. The standard InChI is InChI=1S/C12H10.C6H13O5P/c1-3-7-11(8-4-1)12-9-5-2-6-10-12;1-3-5(12(8,9)10)6(7)11-4-2/h1-10H;5H,3-4H2,1-2H3,(H2,8,9,10). The predicted molar refractivity (Wildman–Crippen MR) is 94.6 cm³/mol. The number of hydrogen-bond acceptors (Lipinski definition) is 3. The van der Waals surface area contributed by atoms with Crippen LogP contribution in [0.25, 0.3) is 11.1 Å². The fourth-order valence-corrected chi connectivity index (χ4v) is 2.87. The van der Waals surface area contributed by atoms with Gasteiger partial charge in [0.15, 0.2) is 5.66 Å². The number of esters is 1. The first-order valence-electron chi connectivity index (χ1n) is 7.72. The lowest BCUT2D eigenvalue weighted by Gasteiger charge is -2.14. The molecular weight excluding hydrogens is 327 g/mol. The number of rotatable bonds is 5. The first-order chi connectivity index (χ1) is 11.4. The molecule has 0 saturated carbocycles. The van der Waals surface area contributed by atoms with E-state index >= 15 is 0 Å². The van der Waals surface area contributed by atoms with Crippen LogP contribution in [0.2, 0.25) is 0 Å². The van der Waals surface area contributed by atoms with Crippen LogP contribution < -0.4 is 0 Å². The van der Waals surface area contributed by atoms with Gasteiger partial charge in [0.2, 0.25) is 0 Å². The quantitative estimate of drug-likeness (QED) is 0.632. The molecule has 2 N–H and O–H groups in total. The molecule has 6 heteroatoms. The van der Waals surface area contributed by atoms with Crippen molar-refractivity contribution in [3.8, 4) is 11.1 Å². The Labute approximate surface area is 142 Å². The fraction of sp³-hybridized carbons (Fsp3) is 0.278. The van der Waals surface area contributed by atoms with E-state index in [1.165, 1.54) is 18.1 Å². The van der Waals surface area contributed by atoms with Gasteiger partial charge in [-0.1, -0.05) is 67.6 Å². The molecule has 2 rings (SSSR count). The van der Waals surface area contributed by atoms with Crippen molar-refractivity contribution in [3.63, 3.8) is 0 Å². The lowest BCUT2D eigenvalue weighted by Crippen LogP contribution is -2.22. The van der Waals surface area contributed by atoms with Crippen molar-refractivity contribution >= 4 is 13.6 Å². The second-order valence-electron chi connectivity index (χ2n) is 5.00. The van der Waals surface area contributed by atoms with Crippen LogP contribution in [0.5, 0.6) is 0 Å². The van der Waals surface area contributed by atoms with Crippen LogP contribution in [-0.2, 0) is 14.1 Å². The summed E-state index contributed by atoms with van der Waals surface area (Å²) in [6, 6.07) is 20.8. The second-order valence-corrected chi connectivity index (χ2v) is 6.80. The third kappa shape index (κ3) is 6.67. The molecule has 0 aromatic heterocycles. The summed E-state index contributed by atoms with van der Waals surface area (Å²) in [5.41, 5.74) is 1.24. The zero-order chi connectivity index (χ0) is 18.0. The molecule has 0 radical (unpaired) electrons. The molecule has 5 nitrogen and oxygen atoms in total. The summed E-state index contributed by atoms with van der Waals surface area (Å²) in [6.07, 6.45) is 0.0864. The summed E-state index contributed by atoms with van der Waals surface area (Å²) < 4.78 is 15.2. The topological polar surface area (TPSA) is 83.8 Å². The van der Waals surface area contributed by atoms with Gasteiger partial charge >= 0.3 is 13.6 Å². The number of benzene rings is 2. The molecule has 0 heterocycles. The van der Waals surface area contributed by atoms with Crippen LogP contribution in [0, 0.1) is 0 Å². The highest BCUT2D eigenvalue weighted by molar-refractivity contribution is 7.53. The summed E-state index contributed by atoms with van der Waals surface area (Å²) in [5.74, 6) is -0.826. The maximum Gasteiger partial charge on any atom is 0.339 e. The SMILES string of the molecule is CCOC(=O)C(CC)P(=O)(O)O.c1ccc(-c2ccccc2)cc1. The molecule has 0 aliphatic heterocycles. The molecule has 1 unspecified atom stereocenters. The number of carbonyl (C=O) groups excluding carboxylic acids is 1. The average molecular weight is 350 g/mol. The van der Waals surface area contributed by atoms with Crippen molar-refractivity contribution in [2.75, 3.05) is 6.61 Å². The Kier molecular flexibility index (Phi) is 8.41. The van der Waals surface area contributed by atoms with Crippen molar-refractivity contribution in [2.45, 2.75) is 25.9 Å². The Bertz CT molecular complexity index is 614. The van der Waals surface area contributed by atoms with Crippen LogP contribution in [0.4, 0.5) is 0 Å². The first kappa shape index (κ1) is 20.1. The summed E-state index contributed by atoms with van der Waals surface area (Å²) in [4.78, 5) is 28.3. The summed E-state index contributed by atoms with van der Waals surface area (Å²) in [6.45, 7) is 3.25. The molecule has 0 aliphatic rings. The zero-order valence-electron chi connectivity index (χ0n) is 13.8. The molecule has 24 heavy (non-hydrogen) atoms. The normalized spacial score (nSPS) is 11.8. The summed E-state index contributed by atoms with van der Waals surface area (Å²) >= 11 is 0. The lowest BCUT2D eigenvalue weighted by molar-refractivity contribution is -0.143. The van der Waals surface area contributed by atoms with Gasteiger partial charge in [-0.2, -0.15) is 0 Å². The highest BCUT2D eigenvalue weighted by Gasteiger charge is 2.34. The average Bonchev–Trinajstić information content (AvgIpc) is 2.57. The highest BCUT2D eigenvalue weighted by Crippen LogP contribution is 2.43. The summed E-state index contributed by atoms with van der Waals surface area (Å²) in [5, 5.41) is 0. The van der Waals surface area contributed by atoms with Crippen LogP contribution in [-0.4, -0.2) is 28.0 Å². The molecule has 130 valence electrons. The van der Waals surface area contributed by atoms with E-state index in [2.05, 4.69) is 53.3 Å². The lowest BCUT2D eigenvalue weighted by atomic mass is 10.1. The van der Waals surface area contributed by atoms with Gasteiger partial charge in [-0.3, -0.25) is 9.36 Å². The van der Waals surface area contributed by atoms with Gasteiger partial charge in [0.1, 0.15) is 0 Å². The Morgan fingerprint density at radius 3 is 1.67 bits per heavy atom. The highest BCUT2D eigenvalue weighted by atomic mass is 31.2. The molecule has 2 aromatic carbocycles. The minimum Gasteiger partial charge on any atom is -0.465 e. The van der Waals surface area contributed by atoms with Gasteiger partial charge in [0.05, 0.1) is 6.61 Å². The minimum absolute atomic E-state index is 0.0864. The van der Waals surface area contributed by atoms with Gasteiger partial charge in [0, 0.05) is 0 Å². The molecule has 0 aliphatic carbocycles. The maximum atomic E-state index is 10.9. The Morgan fingerprint density at radius 1 is 0.958 bits per heavy atom. The van der Waals surface area contributed by atoms with Crippen LogP contribution in [0.3, 0.4) is 0 Å². The van der Waals surface area contributed by atoms with E-state index < -0.39 is 19.2 Å². The van der Waals surface area contributed by atoms with Gasteiger partial charge in [-0.05, 0) is 24.5 Å². The Balaban J connectivity index is 0.000000240. The van der Waals surface area contributed by atoms with Gasteiger partial charge < -0.3 is 14.5 Å². The third-order valence-corrected chi connectivity index (χ3v) is 4.62. The smallest absolute Gasteiger partial charge is 0.339 e. The third-order valence-electron chi connectivity index (χ3n) is 3.23. The largest absolute Gasteiger partial charge is 0.465 e. The molecule has 0 spiro atoms. The van der Waals surface area contributed by atoms with Gasteiger partial charge in [0.25, 0.3) is 0 Å². The van der Waals surface area contributed by atoms with Crippen LogP contribution in [0.1, 0.15) is 20.3 Å². The molecule has 0 saturated heterocycles. The molecule has 2 aromatic rings. The minimum atomic E-state index is -4.34. The van der Waals surface area contributed by atoms with Crippen molar-refractivity contribution in [3.05, 3.63) is 60.7 Å². The molecular formula is C18H23O5P. The van der Waals surface area contributed by atoms with Crippen molar-refractivity contribution in [1.82, 2.24) is 0 Å². The molecule has 0 bridgehead atoms. The van der Waals surface area contributed by atoms with E-state index in [1.54, 1.807) is 6.92 Å². The van der Waals surface area contributed by atoms with Crippen molar-refractivity contribution in [1.29, 1.82) is 0 Å². The van der Waals surface area contributed by atoms with Gasteiger partial charge in [-0.25, -0.2) is 0 Å². The van der Waals surface area contributed by atoms with E-state index in [4.69, 9.17) is 9.79 Å². The van der Waals surface area contributed by atoms with Crippen LogP contribution in [0.15, 0.2) is 60.7 Å². The Hall–Kier alpha value is -1.94. The molecule has 0 amide bonds. The van der Waals surface area contributed by atoms with E-state index in [0.717, 1.165) is 0 Å². The molecule has 1 atom stereocenters. The van der Waals surface area contributed by atoms with E-state index in [9.17, 15) is 9.36 Å². The summed E-state index contributed by atoms with van der Waals surface area (Å²) in [7, 11) is -4.34. The number of carbonyl (C=O) groups is 1. The van der Waals surface area contributed by atoms with E-state index in [-0.39, 0.29) is 13.0 Å². The van der Waals surface area contributed by atoms with Crippen LogP contribution >= 0.6 is 7.60 Å². The monoisotopic (exact) mass is 350 g/mol. The maximum absolute atomic E-state index is 10.9. The predicted octanol–water partition coefficient (Wildman–Crippen LogP) is 3.86. The van der Waals surface area contributed by atoms with Crippen molar-refractivity contribution in [2.24, 2.45) is 0 Å². The van der Waals surface area contributed by atoms with E-state index in [1.807, 2.05) is 12.1 Å². The number of ether oxygens (including phenoxy) is 1. The zero-order valence-corrected chi connectivity index (χ0v) is 14.7. The van der Waals surface area contributed by atoms with Gasteiger partial charge in [-0.15, -0.1) is 0 Å². The molecule has 0 fully saturated rings. The first-order valence-corrected chi connectivity index (χ1v) is 9.40. The Morgan fingerprint density at radius 2 is 1.38 bits per heavy atom. The van der Waals surface area contributed by atoms with Crippen molar-refractivity contribution < 1.29 is 23.9 Å². The second kappa shape index (κ2) is 10.0. The number of hydrogen-bond donors (Lipinski definition) is 2.